The number of carbonyl (C=O) groups is 1. The van der Waals surface area contributed by atoms with Gasteiger partial charge in [-0.25, -0.2) is 4.98 Å². The molecule has 1 aliphatic rings. The molecule has 0 aromatic carbocycles. The third-order valence-corrected chi connectivity index (χ3v) is 2.43. The normalized spacial score (nSPS) is 19.9. The number of nitrogens with zero attached hydrogens (tertiary/aromatic N) is 1. The van der Waals surface area contributed by atoms with Crippen LogP contribution in [0.2, 0.25) is 0 Å². The first kappa shape index (κ1) is 11.8. The van der Waals surface area contributed by atoms with Gasteiger partial charge in [0, 0.05) is 12.7 Å². The average molecular weight is 237 g/mol. The van der Waals surface area contributed by atoms with Gasteiger partial charge < -0.3 is 20.5 Å². The molecule has 0 bridgehead atoms. The molecule has 92 valence electrons. The summed E-state index contributed by atoms with van der Waals surface area (Å²) in [6.45, 7) is 2.07. The molecular weight excluding hydrogens is 222 g/mol. The Kier molecular flexibility index (Phi) is 3.89. The van der Waals surface area contributed by atoms with E-state index in [9.17, 15) is 4.79 Å². The number of carbonyl (C=O) groups excluding carboxylic acids is 1. The summed E-state index contributed by atoms with van der Waals surface area (Å²) in [4.78, 5) is 15.7. The first-order chi connectivity index (χ1) is 8.27. The third kappa shape index (κ3) is 3.15. The van der Waals surface area contributed by atoms with Gasteiger partial charge in [0.1, 0.15) is 0 Å². The van der Waals surface area contributed by atoms with Crippen molar-refractivity contribution in [3.8, 4) is 0 Å². The smallest absolute Gasteiger partial charge is 0.272 e. The highest BCUT2D eigenvalue weighted by Crippen LogP contribution is 2.06. The van der Waals surface area contributed by atoms with Crippen molar-refractivity contribution in [2.24, 2.45) is 0 Å². The Balaban J connectivity index is 1.87. The van der Waals surface area contributed by atoms with Crippen LogP contribution in [0.4, 0.5) is 5.69 Å². The molecule has 2 heterocycles. The number of ether oxygens (including phenoxy) is 2. The van der Waals surface area contributed by atoms with Crippen LogP contribution < -0.4 is 11.1 Å². The van der Waals surface area contributed by atoms with Gasteiger partial charge in [0.05, 0.1) is 31.6 Å². The Hall–Kier alpha value is -1.66. The van der Waals surface area contributed by atoms with Crippen LogP contribution in [0.1, 0.15) is 10.5 Å². The van der Waals surface area contributed by atoms with Gasteiger partial charge >= 0.3 is 0 Å². The van der Waals surface area contributed by atoms with E-state index in [1.54, 1.807) is 12.1 Å². The third-order valence-electron chi connectivity index (χ3n) is 2.43. The van der Waals surface area contributed by atoms with Gasteiger partial charge in [-0.3, -0.25) is 4.79 Å². The minimum Gasteiger partial charge on any atom is -0.397 e. The number of nitrogen functional groups attached to an aromatic ring is 1. The number of hydrogen-bond donors (Lipinski definition) is 2. The molecule has 1 amide bonds. The van der Waals surface area contributed by atoms with Crippen LogP contribution in [-0.4, -0.2) is 43.4 Å². The Morgan fingerprint density at radius 3 is 3.18 bits per heavy atom. The fourth-order valence-corrected chi connectivity index (χ4v) is 1.55. The topological polar surface area (TPSA) is 86.5 Å². The number of nitrogens with one attached hydrogen (secondary N) is 1. The average Bonchev–Trinajstić information content (AvgIpc) is 2.38. The zero-order valence-electron chi connectivity index (χ0n) is 9.39. The van der Waals surface area contributed by atoms with Crippen molar-refractivity contribution in [2.45, 2.75) is 6.10 Å². The lowest BCUT2D eigenvalue weighted by Crippen LogP contribution is -2.40. The van der Waals surface area contributed by atoms with Crippen LogP contribution in [-0.2, 0) is 9.47 Å². The van der Waals surface area contributed by atoms with Crippen molar-refractivity contribution >= 4 is 11.6 Å². The summed E-state index contributed by atoms with van der Waals surface area (Å²) in [5.41, 5.74) is 6.26. The summed E-state index contributed by atoms with van der Waals surface area (Å²) < 4.78 is 10.6. The first-order valence-corrected chi connectivity index (χ1v) is 5.45. The molecule has 0 radical (unpaired) electrons. The number of rotatable bonds is 3. The van der Waals surface area contributed by atoms with Gasteiger partial charge in [0.25, 0.3) is 5.91 Å². The Morgan fingerprint density at radius 1 is 1.59 bits per heavy atom. The molecule has 0 aliphatic carbocycles. The molecule has 1 aliphatic heterocycles. The van der Waals surface area contributed by atoms with Gasteiger partial charge in [-0.2, -0.15) is 0 Å². The van der Waals surface area contributed by atoms with Gasteiger partial charge in [0.15, 0.2) is 5.69 Å². The summed E-state index contributed by atoms with van der Waals surface area (Å²) in [6.07, 6.45) is 1.43. The first-order valence-electron chi connectivity index (χ1n) is 5.45. The van der Waals surface area contributed by atoms with E-state index in [-0.39, 0.29) is 17.7 Å². The molecule has 1 aromatic heterocycles. The zero-order valence-corrected chi connectivity index (χ0v) is 9.39. The van der Waals surface area contributed by atoms with Crippen LogP contribution >= 0.6 is 0 Å². The van der Waals surface area contributed by atoms with Crippen molar-refractivity contribution < 1.29 is 14.3 Å². The SMILES string of the molecule is Nc1cccnc1C(=O)NCC1COCCO1. The summed E-state index contributed by atoms with van der Waals surface area (Å²) >= 11 is 0. The van der Waals surface area contributed by atoms with E-state index in [1.165, 1.54) is 6.20 Å². The van der Waals surface area contributed by atoms with Gasteiger partial charge in [0.2, 0.25) is 0 Å². The van der Waals surface area contributed by atoms with Crippen LogP contribution in [0.15, 0.2) is 18.3 Å². The lowest BCUT2D eigenvalue weighted by Gasteiger charge is -2.23. The van der Waals surface area contributed by atoms with Crippen molar-refractivity contribution in [1.29, 1.82) is 0 Å². The lowest BCUT2D eigenvalue weighted by molar-refractivity contribution is -0.0855. The Bertz CT molecular complexity index is 391. The van der Waals surface area contributed by atoms with E-state index in [0.29, 0.717) is 32.1 Å². The highest BCUT2D eigenvalue weighted by Gasteiger charge is 2.17. The minimum atomic E-state index is -0.294. The molecule has 1 fully saturated rings. The maximum atomic E-state index is 11.8. The number of aromatic nitrogens is 1. The highest BCUT2D eigenvalue weighted by molar-refractivity contribution is 5.96. The second-order valence-electron chi connectivity index (χ2n) is 3.72. The van der Waals surface area contributed by atoms with Crippen molar-refractivity contribution in [3.63, 3.8) is 0 Å². The molecule has 6 heteroatoms. The predicted molar refractivity (Wildman–Crippen MR) is 61.5 cm³/mol. The van der Waals surface area contributed by atoms with Crippen LogP contribution in [0.3, 0.4) is 0 Å². The molecular formula is C11H15N3O3. The van der Waals surface area contributed by atoms with Gasteiger partial charge in [-0.15, -0.1) is 0 Å². The summed E-state index contributed by atoms with van der Waals surface area (Å²) in [5, 5.41) is 2.72. The number of hydrogen-bond acceptors (Lipinski definition) is 5. The largest absolute Gasteiger partial charge is 0.397 e. The summed E-state index contributed by atoms with van der Waals surface area (Å²) in [5.74, 6) is -0.294. The molecule has 1 saturated heterocycles. The molecule has 1 unspecified atom stereocenters. The molecule has 0 spiro atoms. The second kappa shape index (κ2) is 5.60. The van der Waals surface area contributed by atoms with E-state index in [4.69, 9.17) is 15.2 Å². The number of amides is 1. The number of nitrogens with two attached hydrogens (primary N) is 1. The number of anilines is 1. The van der Waals surface area contributed by atoms with Crippen molar-refractivity contribution in [2.75, 3.05) is 32.1 Å². The van der Waals surface area contributed by atoms with E-state index in [0.717, 1.165) is 0 Å². The standard InChI is InChI=1S/C11H15N3O3/c12-9-2-1-3-13-10(9)11(15)14-6-8-7-16-4-5-17-8/h1-3,8H,4-7,12H2,(H,14,15). The van der Waals surface area contributed by atoms with Crippen LogP contribution in [0.5, 0.6) is 0 Å². The molecule has 3 N–H and O–H groups in total. The molecule has 1 atom stereocenters. The minimum absolute atomic E-state index is 0.0994. The van der Waals surface area contributed by atoms with Gasteiger partial charge in [-0.05, 0) is 12.1 Å². The fraction of sp³-hybridized carbons (Fsp3) is 0.455. The maximum Gasteiger partial charge on any atom is 0.272 e. The van der Waals surface area contributed by atoms with E-state index >= 15 is 0 Å². The summed E-state index contributed by atoms with van der Waals surface area (Å²) in [6, 6.07) is 3.33. The van der Waals surface area contributed by atoms with E-state index < -0.39 is 0 Å². The molecule has 6 nitrogen and oxygen atoms in total. The second-order valence-corrected chi connectivity index (χ2v) is 3.72. The molecule has 0 saturated carbocycles. The summed E-state index contributed by atoms with van der Waals surface area (Å²) in [7, 11) is 0. The zero-order chi connectivity index (χ0) is 12.1. The van der Waals surface area contributed by atoms with E-state index in [1.807, 2.05) is 0 Å². The molecule has 17 heavy (non-hydrogen) atoms. The fourth-order valence-electron chi connectivity index (χ4n) is 1.55. The molecule has 1 aromatic rings. The van der Waals surface area contributed by atoms with Crippen molar-refractivity contribution in [3.05, 3.63) is 24.0 Å². The lowest BCUT2D eigenvalue weighted by atomic mass is 10.2. The van der Waals surface area contributed by atoms with E-state index in [2.05, 4.69) is 10.3 Å². The number of pyridine rings is 1. The van der Waals surface area contributed by atoms with Gasteiger partial charge in [-0.1, -0.05) is 0 Å². The van der Waals surface area contributed by atoms with Crippen LogP contribution in [0, 0.1) is 0 Å². The quantitative estimate of drug-likeness (QED) is 0.761. The highest BCUT2D eigenvalue weighted by atomic mass is 16.6. The Morgan fingerprint density at radius 2 is 2.47 bits per heavy atom. The monoisotopic (exact) mass is 237 g/mol. The predicted octanol–water partition coefficient (Wildman–Crippen LogP) is -0.191. The Labute approximate surface area is 99.1 Å². The van der Waals surface area contributed by atoms with Crippen molar-refractivity contribution in [1.82, 2.24) is 10.3 Å². The molecule has 2 rings (SSSR count). The maximum absolute atomic E-state index is 11.8. The van der Waals surface area contributed by atoms with Crippen LogP contribution in [0.25, 0.3) is 0 Å².